The fourth-order valence-corrected chi connectivity index (χ4v) is 3.31. The molecule has 7 heteroatoms. The minimum absolute atomic E-state index is 0.00715. The molecular formula is C20H21F3N2O2. The Morgan fingerprint density at radius 2 is 1.93 bits per heavy atom. The summed E-state index contributed by atoms with van der Waals surface area (Å²) < 4.78 is 44.7. The van der Waals surface area contributed by atoms with Gasteiger partial charge in [-0.05, 0) is 61.3 Å². The number of benzene rings is 2. The van der Waals surface area contributed by atoms with Crippen LogP contribution < -0.4 is 10.1 Å². The van der Waals surface area contributed by atoms with Crippen LogP contribution in [0.25, 0.3) is 0 Å². The summed E-state index contributed by atoms with van der Waals surface area (Å²) in [4.78, 5) is 14.8. The molecular weight excluding hydrogens is 357 g/mol. The molecule has 27 heavy (non-hydrogen) atoms. The zero-order chi connectivity index (χ0) is 19.8. The van der Waals surface area contributed by atoms with Crippen molar-refractivity contribution in [3.05, 3.63) is 58.1 Å². The van der Waals surface area contributed by atoms with Crippen molar-refractivity contribution < 1.29 is 22.7 Å². The summed E-state index contributed by atoms with van der Waals surface area (Å²) in [5.74, 6) is -0.530. The molecule has 0 unspecified atom stereocenters. The lowest BCUT2D eigenvalue weighted by atomic mass is 9.99. The van der Waals surface area contributed by atoms with Crippen LogP contribution in [0.3, 0.4) is 0 Å². The van der Waals surface area contributed by atoms with Gasteiger partial charge in [-0.3, -0.25) is 4.79 Å². The van der Waals surface area contributed by atoms with Gasteiger partial charge in [0.15, 0.2) is 0 Å². The van der Waals surface area contributed by atoms with Crippen molar-refractivity contribution in [3.63, 3.8) is 0 Å². The van der Waals surface area contributed by atoms with Crippen LogP contribution in [0.2, 0.25) is 0 Å². The fourth-order valence-electron chi connectivity index (χ4n) is 3.31. The van der Waals surface area contributed by atoms with Crippen LogP contribution >= 0.6 is 0 Å². The van der Waals surface area contributed by atoms with E-state index in [1.165, 1.54) is 25.7 Å². The lowest BCUT2D eigenvalue weighted by Gasteiger charge is -2.25. The third-order valence-electron chi connectivity index (χ3n) is 4.76. The second kappa shape index (κ2) is 7.23. The Kier molecular flexibility index (Phi) is 5.15. The molecule has 3 rings (SSSR count). The summed E-state index contributed by atoms with van der Waals surface area (Å²) in [7, 11) is 3.34. The molecule has 1 aliphatic heterocycles. The number of hydrogen-bond acceptors (Lipinski definition) is 3. The van der Waals surface area contributed by atoms with Crippen LogP contribution in [0.15, 0.2) is 30.3 Å². The van der Waals surface area contributed by atoms with Crippen LogP contribution in [-0.4, -0.2) is 31.5 Å². The molecule has 0 saturated carbocycles. The first kappa shape index (κ1) is 19.2. The second-order valence-corrected chi connectivity index (χ2v) is 6.79. The highest BCUT2D eigenvalue weighted by molar-refractivity contribution is 6.06. The van der Waals surface area contributed by atoms with Gasteiger partial charge in [-0.2, -0.15) is 13.2 Å². The Labute approximate surface area is 155 Å². The van der Waals surface area contributed by atoms with Crippen molar-refractivity contribution in [2.45, 2.75) is 26.1 Å². The van der Waals surface area contributed by atoms with Crippen LogP contribution in [0.1, 0.15) is 32.6 Å². The maximum absolute atomic E-state index is 13.2. The number of carbonyl (C=O) groups excluding carboxylic acids is 1. The molecule has 2 aromatic carbocycles. The number of halogens is 3. The molecule has 0 aliphatic carbocycles. The van der Waals surface area contributed by atoms with Gasteiger partial charge in [0, 0.05) is 18.8 Å². The summed E-state index contributed by atoms with van der Waals surface area (Å²) in [5, 5.41) is 2.69. The molecule has 0 atom stereocenters. The Morgan fingerprint density at radius 1 is 1.19 bits per heavy atom. The van der Waals surface area contributed by atoms with E-state index in [1.54, 1.807) is 6.07 Å². The number of alkyl halides is 3. The van der Waals surface area contributed by atoms with Gasteiger partial charge in [0.1, 0.15) is 5.75 Å². The zero-order valence-corrected chi connectivity index (χ0v) is 15.4. The number of amides is 1. The van der Waals surface area contributed by atoms with Crippen molar-refractivity contribution in [3.8, 4) is 5.75 Å². The van der Waals surface area contributed by atoms with Crippen molar-refractivity contribution in [2.75, 3.05) is 26.0 Å². The highest BCUT2D eigenvalue weighted by Gasteiger charge is 2.34. The molecule has 0 fully saturated rings. The fraction of sp³-hybridized carbons (Fsp3) is 0.350. The predicted octanol–water partition coefficient (Wildman–Crippen LogP) is 4.26. The Balaban J connectivity index is 1.91. The normalized spacial score (nSPS) is 14.6. The predicted molar refractivity (Wildman–Crippen MR) is 97.2 cm³/mol. The van der Waals surface area contributed by atoms with E-state index in [2.05, 4.69) is 10.2 Å². The third kappa shape index (κ3) is 4.08. The highest BCUT2D eigenvalue weighted by Crippen LogP contribution is 2.36. The summed E-state index contributed by atoms with van der Waals surface area (Å²) in [6.07, 6.45) is -3.61. The first-order valence-electron chi connectivity index (χ1n) is 8.56. The Hall–Kier alpha value is -2.54. The van der Waals surface area contributed by atoms with Crippen molar-refractivity contribution in [1.82, 2.24) is 4.90 Å². The van der Waals surface area contributed by atoms with Gasteiger partial charge in [-0.15, -0.1) is 0 Å². The molecule has 2 aromatic rings. The average molecular weight is 378 g/mol. The summed E-state index contributed by atoms with van der Waals surface area (Å²) in [6, 6.07) is 7.67. The van der Waals surface area contributed by atoms with E-state index in [-0.39, 0.29) is 16.9 Å². The molecule has 4 nitrogen and oxygen atoms in total. The first-order valence-corrected chi connectivity index (χ1v) is 8.56. The van der Waals surface area contributed by atoms with E-state index in [0.717, 1.165) is 31.1 Å². The first-order chi connectivity index (χ1) is 12.7. The standard InChI is InChI=1S/C20H21F3N2O2/c1-12-8-18(27-3)16(10-17(12)20(21,22)23)19(26)24-15-5-4-13-6-7-25(2)11-14(13)9-15/h4-5,8-10H,6-7,11H2,1-3H3,(H,24,26). The van der Waals surface area contributed by atoms with Gasteiger partial charge in [-0.25, -0.2) is 0 Å². The van der Waals surface area contributed by atoms with Crippen molar-refractivity contribution in [2.24, 2.45) is 0 Å². The summed E-state index contributed by atoms with van der Waals surface area (Å²) in [5.41, 5.74) is 1.88. The van der Waals surface area contributed by atoms with Crippen molar-refractivity contribution >= 4 is 11.6 Å². The molecule has 0 saturated heterocycles. The number of rotatable bonds is 3. The van der Waals surface area contributed by atoms with Gasteiger partial charge >= 0.3 is 6.18 Å². The van der Waals surface area contributed by atoms with Crippen molar-refractivity contribution in [1.29, 1.82) is 0 Å². The van der Waals surface area contributed by atoms with Gasteiger partial charge in [-0.1, -0.05) is 6.07 Å². The van der Waals surface area contributed by atoms with Gasteiger partial charge in [0.05, 0.1) is 18.2 Å². The summed E-state index contributed by atoms with van der Waals surface area (Å²) >= 11 is 0. The van der Waals surface area contributed by atoms with Crippen LogP contribution in [0.5, 0.6) is 5.75 Å². The molecule has 1 amide bonds. The van der Waals surface area contributed by atoms with Crippen LogP contribution in [-0.2, 0) is 19.1 Å². The lowest BCUT2D eigenvalue weighted by Crippen LogP contribution is -2.26. The highest BCUT2D eigenvalue weighted by atomic mass is 19.4. The molecule has 0 bridgehead atoms. The second-order valence-electron chi connectivity index (χ2n) is 6.79. The number of nitrogens with one attached hydrogen (secondary N) is 1. The number of nitrogens with zero attached hydrogens (tertiary/aromatic N) is 1. The quantitative estimate of drug-likeness (QED) is 0.868. The van der Waals surface area contributed by atoms with Gasteiger partial charge in [0.25, 0.3) is 5.91 Å². The minimum Gasteiger partial charge on any atom is -0.496 e. The molecule has 0 radical (unpaired) electrons. The topological polar surface area (TPSA) is 41.6 Å². The van der Waals surface area contributed by atoms with E-state index >= 15 is 0 Å². The molecule has 0 spiro atoms. The summed E-state index contributed by atoms with van der Waals surface area (Å²) in [6.45, 7) is 3.08. The number of carbonyl (C=O) groups is 1. The monoisotopic (exact) mass is 378 g/mol. The van der Waals surface area contributed by atoms with Gasteiger partial charge < -0.3 is 15.0 Å². The number of hydrogen-bond donors (Lipinski definition) is 1. The number of ether oxygens (including phenoxy) is 1. The van der Waals surface area contributed by atoms with Crippen LogP contribution in [0, 0.1) is 6.92 Å². The number of anilines is 1. The minimum atomic E-state index is -4.54. The number of methoxy groups -OCH3 is 1. The SMILES string of the molecule is COc1cc(C)c(C(F)(F)F)cc1C(=O)Nc1ccc2c(c1)CN(C)CC2. The van der Waals surface area contributed by atoms with E-state index in [9.17, 15) is 18.0 Å². The largest absolute Gasteiger partial charge is 0.496 e. The van der Waals surface area contributed by atoms with Gasteiger partial charge in [0.2, 0.25) is 0 Å². The maximum atomic E-state index is 13.2. The van der Waals surface area contributed by atoms with E-state index in [4.69, 9.17) is 4.74 Å². The van der Waals surface area contributed by atoms with E-state index < -0.39 is 17.6 Å². The number of likely N-dealkylation sites (N-methyl/N-ethyl adjacent to an activating group) is 1. The van der Waals surface area contributed by atoms with Crippen LogP contribution in [0.4, 0.5) is 18.9 Å². The smallest absolute Gasteiger partial charge is 0.416 e. The third-order valence-corrected chi connectivity index (χ3v) is 4.76. The maximum Gasteiger partial charge on any atom is 0.416 e. The van der Waals surface area contributed by atoms with E-state index in [0.29, 0.717) is 5.69 Å². The number of fused-ring (bicyclic) bond motifs is 1. The molecule has 0 aromatic heterocycles. The Morgan fingerprint density at radius 3 is 2.59 bits per heavy atom. The molecule has 144 valence electrons. The molecule has 1 aliphatic rings. The zero-order valence-electron chi connectivity index (χ0n) is 15.4. The Bertz CT molecular complexity index is 878. The average Bonchev–Trinajstić information content (AvgIpc) is 2.59. The number of aryl methyl sites for hydroxylation is 1. The lowest BCUT2D eigenvalue weighted by molar-refractivity contribution is -0.138. The molecule has 1 heterocycles. The van der Waals surface area contributed by atoms with E-state index in [1.807, 2.05) is 19.2 Å². The molecule has 1 N–H and O–H groups in total.